The Hall–Kier alpha value is -3.92. The number of hydrogen-bond acceptors (Lipinski definition) is 4. The molecule has 0 aliphatic carbocycles. The molecule has 4 nitrogen and oxygen atoms in total. The van der Waals surface area contributed by atoms with Crippen molar-refractivity contribution in [1.29, 1.82) is 0 Å². The van der Waals surface area contributed by atoms with Crippen LogP contribution < -0.4 is 20.9 Å². The van der Waals surface area contributed by atoms with Gasteiger partial charge in [-0.05, 0) is 134 Å². The Morgan fingerprint density at radius 3 is 1.03 bits per heavy atom. The van der Waals surface area contributed by atoms with Gasteiger partial charge in [0.05, 0.1) is 0 Å². The van der Waals surface area contributed by atoms with Crippen molar-refractivity contribution in [2.24, 2.45) is 0 Å². The van der Waals surface area contributed by atoms with Crippen molar-refractivity contribution in [3.05, 3.63) is 95.1 Å². The first kappa shape index (κ1) is 21.3. The molecular formula is C28H28N2O2. The third-order valence-electron chi connectivity index (χ3n) is 5.45. The standard InChI is InChI=1S/C28H28N2O2/c1-17-13-21(14-18(2)27(17)31-25-9-5-23(29)6-10-25)22-15-19(3)28(20(4)16-22)32-26-11-7-24(30)8-12-26/h5-16H,29-30H2,1-4H3. The second-order valence-electron chi connectivity index (χ2n) is 8.22. The fourth-order valence-corrected chi connectivity index (χ4v) is 3.86. The van der Waals surface area contributed by atoms with E-state index in [1.54, 1.807) is 0 Å². The smallest absolute Gasteiger partial charge is 0.133 e. The van der Waals surface area contributed by atoms with E-state index in [1.807, 2.05) is 48.5 Å². The maximum atomic E-state index is 6.14. The summed E-state index contributed by atoms with van der Waals surface area (Å²) in [7, 11) is 0. The van der Waals surface area contributed by atoms with Gasteiger partial charge in [-0.3, -0.25) is 0 Å². The third-order valence-corrected chi connectivity index (χ3v) is 5.45. The Morgan fingerprint density at radius 1 is 0.469 bits per heavy atom. The average molecular weight is 425 g/mol. The second-order valence-corrected chi connectivity index (χ2v) is 8.22. The highest BCUT2D eigenvalue weighted by atomic mass is 16.5. The van der Waals surface area contributed by atoms with Crippen LogP contribution in [0.5, 0.6) is 23.0 Å². The summed E-state index contributed by atoms with van der Waals surface area (Å²) < 4.78 is 12.3. The van der Waals surface area contributed by atoms with Gasteiger partial charge in [0.1, 0.15) is 23.0 Å². The summed E-state index contributed by atoms with van der Waals surface area (Å²) in [6.07, 6.45) is 0. The van der Waals surface area contributed by atoms with Crippen molar-refractivity contribution in [3.8, 4) is 34.1 Å². The molecule has 0 aliphatic heterocycles. The second kappa shape index (κ2) is 8.67. The molecule has 0 saturated carbocycles. The lowest BCUT2D eigenvalue weighted by Crippen LogP contribution is -1.95. The molecule has 0 atom stereocenters. The summed E-state index contributed by atoms with van der Waals surface area (Å²) in [5, 5.41) is 0. The molecule has 0 aliphatic rings. The first-order chi connectivity index (χ1) is 15.3. The van der Waals surface area contributed by atoms with Crippen LogP contribution in [0.3, 0.4) is 0 Å². The van der Waals surface area contributed by atoms with Gasteiger partial charge in [0.25, 0.3) is 0 Å². The minimum Gasteiger partial charge on any atom is -0.457 e. The fraction of sp³-hybridized carbons (Fsp3) is 0.143. The van der Waals surface area contributed by atoms with Gasteiger partial charge >= 0.3 is 0 Å². The highest BCUT2D eigenvalue weighted by Crippen LogP contribution is 2.37. The predicted octanol–water partition coefficient (Wildman–Crippen LogP) is 7.34. The van der Waals surface area contributed by atoms with Crippen molar-refractivity contribution in [3.63, 3.8) is 0 Å². The van der Waals surface area contributed by atoms with Crippen LogP contribution in [0, 0.1) is 27.7 Å². The van der Waals surface area contributed by atoms with Gasteiger partial charge in [0.15, 0.2) is 0 Å². The summed E-state index contributed by atoms with van der Waals surface area (Å²) >= 11 is 0. The molecule has 0 amide bonds. The van der Waals surface area contributed by atoms with Crippen LogP contribution in [-0.2, 0) is 0 Å². The molecule has 0 fully saturated rings. The van der Waals surface area contributed by atoms with Crippen molar-refractivity contribution in [2.45, 2.75) is 27.7 Å². The van der Waals surface area contributed by atoms with Crippen molar-refractivity contribution < 1.29 is 9.47 Å². The maximum absolute atomic E-state index is 6.14. The summed E-state index contributed by atoms with van der Waals surface area (Å²) in [5.74, 6) is 3.29. The van der Waals surface area contributed by atoms with E-state index in [2.05, 4.69) is 52.0 Å². The van der Waals surface area contributed by atoms with E-state index < -0.39 is 0 Å². The number of benzene rings is 4. The monoisotopic (exact) mass is 424 g/mol. The van der Waals surface area contributed by atoms with Gasteiger partial charge in [-0.2, -0.15) is 0 Å². The molecule has 4 aromatic rings. The first-order valence-electron chi connectivity index (χ1n) is 10.6. The predicted molar refractivity (Wildman–Crippen MR) is 133 cm³/mol. The van der Waals surface area contributed by atoms with Crippen molar-refractivity contribution in [1.82, 2.24) is 0 Å². The Balaban J connectivity index is 1.63. The lowest BCUT2D eigenvalue weighted by Gasteiger charge is -2.17. The maximum Gasteiger partial charge on any atom is 0.133 e. The Kier molecular flexibility index (Phi) is 5.78. The van der Waals surface area contributed by atoms with E-state index in [0.717, 1.165) is 67.8 Å². The molecule has 0 unspecified atom stereocenters. The van der Waals surface area contributed by atoms with E-state index in [-0.39, 0.29) is 0 Å². The molecule has 4 aromatic carbocycles. The van der Waals surface area contributed by atoms with Crippen LogP contribution in [0.2, 0.25) is 0 Å². The zero-order valence-electron chi connectivity index (χ0n) is 18.9. The molecular weight excluding hydrogens is 396 g/mol. The molecule has 162 valence electrons. The van der Waals surface area contributed by atoms with Gasteiger partial charge in [-0.25, -0.2) is 0 Å². The quantitative estimate of drug-likeness (QED) is 0.329. The number of anilines is 2. The molecule has 0 bridgehead atoms. The fourth-order valence-electron chi connectivity index (χ4n) is 3.86. The van der Waals surface area contributed by atoms with E-state index in [1.165, 1.54) is 0 Å². The highest BCUT2D eigenvalue weighted by molar-refractivity contribution is 5.70. The van der Waals surface area contributed by atoms with Crippen LogP contribution in [0.15, 0.2) is 72.8 Å². The lowest BCUT2D eigenvalue weighted by atomic mass is 9.96. The zero-order chi connectivity index (χ0) is 22.8. The van der Waals surface area contributed by atoms with Gasteiger partial charge in [-0.15, -0.1) is 0 Å². The van der Waals surface area contributed by atoms with Crippen LogP contribution in [0.4, 0.5) is 11.4 Å². The summed E-state index contributed by atoms with van der Waals surface area (Å²) in [4.78, 5) is 0. The van der Waals surface area contributed by atoms with Crippen LogP contribution in [0.25, 0.3) is 11.1 Å². The lowest BCUT2D eigenvalue weighted by molar-refractivity contribution is 0.475. The molecule has 0 heterocycles. The largest absolute Gasteiger partial charge is 0.457 e. The summed E-state index contributed by atoms with van der Waals surface area (Å²) in [6, 6.07) is 23.5. The summed E-state index contributed by atoms with van der Waals surface area (Å²) in [5.41, 5.74) is 19.6. The van der Waals surface area contributed by atoms with Gasteiger partial charge < -0.3 is 20.9 Å². The Bertz CT molecular complexity index is 1110. The van der Waals surface area contributed by atoms with E-state index in [9.17, 15) is 0 Å². The third kappa shape index (κ3) is 4.54. The average Bonchev–Trinajstić information content (AvgIpc) is 2.75. The van der Waals surface area contributed by atoms with Crippen molar-refractivity contribution in [2.75, 3.05) is 11.5 Å². The van der Waals surface area contributed by atoms with E-state index in [0.29, 0.717) is 0 Å². The molecule has 32 heavy (non-hydrogen) atoms. The first-order valence-corrected chi connectivity index (χ1v) is 10.6. The molecule has 0 aromatic heterocycles. The number of ether oxygens (including phenoxy) is 2. The Morgan fingerprint density at radius 2 is 0.750 bits per heavy atom. The van der Waals surface area contributed by atoms with Crippen molar-refractivity contribution >= 4 is 11.4 Å². The highest BCUT2D eigenvalue weighted by Gasteiger charge is 2.13. The molecule has 0 radical (unpaired) electrons. The van der Waals surface area contributed by atoms with Crippen LogP contribution in [0.1, 0.15) is 22.3 Å². The number of aryl methyl sites for hydroxylation is 4. The minimum absolute atomic E-state index is 0.718. The SMILES string of the molecule is Cc1cc(-c2cc(C)c(Oc3ccc(N)cc3)c(C)c2)cc(C)c1Oc1ccc(N)cc1. The molecule has 4 N–H and O–H groups in total. The van der Waals surface area contributed by atoms with Gasteiger partial charge in [-0.1, -0.05) is 0 Å². The van der Waals surface area contributed by atoms with E-state index >= 15 is 0 Å². The number of nitrogen functional groups attached to an aromatic ring is 2. The molecule has 0 spiro atoms. The molecule has 4 heteroatoms. The molecule has 0 saturated heterocycles. The molecule has 4 rings (SSSR count). The number of rotatable bonds is 5. The normalized spacial score (nSPS) is 10.8. The number of hydrogen-bond donors (Lipinski definition) is 2. The van der Waals surface area contributed by atoms with Gasteiger partial charge in [0.2, 0.25) is 0 Å². The minimum atomic E-state index is 0.718. The Labute approximate surface area is 189 Å². The van der Waals surface area contributed by atoms with Crippen LogP contribution >= 0.6 is 0 Å². The van der Waals surface area contributed by atoms with Gasteiger partial charge in [0, 0.05) is 11.4 Å². The zero-order valence-corrected chi connectivity index (χ0v) is 18.9. The summed E-state index contributed by atoms with van der Waals surface area (Å²) in [6.45, 7) is 8.28. The number of nitrogens with two attached hydrogens (primary N) is 2. The topological polar surface area (TPSA) is 70.5 Å². The van der Waals surface area contributed by atoms with Crippen LogP contribution in [-0.4, -0.2) is 0 Å². The van der Waals surface area contributed by atoms with E-state index in [4.69, 9.17) is 20.9 Å².